The summed E-state index contributed by atoms with van der Waals surface area (Å²) in [6.07, 6.45) is 1.07. The first-order chi connectivity index (χ1) is 9.33. The van der Waals surface area contributed by atoms with Crippen molar-refractivity contribution in [2.45, 2.75) is 19.9 Å². The lowest BCUT2D eigenvalue weighted by molar-refractivity contribution is 0.199. The normalized spacial score (nSPS) is 10.7. The van der Waals surface area contributed by atoms with Crippen LogP contribution in [0.3, 0.4) is 0 Å². The predicted octanol–water partition coefficient (Wildman–Crippen LogP) is 1.63. The van der Waals surface area contributed by atoms with Crippen molar-refractivity contribution in [3.8, 4) is 0 Å². The summed E-state index contributed by atoms with van der Waals surface area (Å²) in [6, 6.07) is 8.36. The number of nitrogens with one attached hydrogen (secondary N) is 1. The maximum atomic E-state index is 9.19. The topological polar surface area (TPSA) is 44.7 Å². The lowest BCUT2D eigenvalue weighted by atomic mass is 10.1. The van der Waals surface area contributed by atoms with Crippen LogP contribution in [0.15, 0.2) is 24.3 Å². The fourth-order valence-electron chi connectivity index (χ4n) is 2.11. The zero-order valence-corrected chi connectivity index (χ0v) is 12.1. The minimum Gasteiger partial charge on any atom is -0.395 e. The molecule has 108 valence electrons. The van der Waals surface area contributed by atoms with E-state index in [1.165, 1.54) is 11.3 Å². The van der Waals surface area contributed by atoms with Gasteiger partial charge in [0.25, 0.3) is 0 Å². The van der Waals surface area contributed by atoms with E-state index in [1.807, 2.05) is 6.07 Å². The monoisotopic (exact) mass is 266 g/mol. The molecule has 1 rings (SSSR count). The molecule has 0 amide bonds. The van der Waals surface area contributed by atoms with Crippen LogP contribution in [0.2, 0.25) is 0 Å². The Bertz CT molecular complexity index is 339. The molecule has 4 nitrogen and oxygen atoms in total. The average molecular weight is 266 g/mol. The number of aliphatic hydroxyl groups is 1. The molecule has 0 radical (unpaired) electrons. The van der Waals surface area contributed by atoms with Crippen LogP contribution in [0.5, 0.6) is 0 Å². The third-order valence-electron chi connectivity index (χ3n) is 2.99. The molecular weight excluding hydrogens is 240 g/mol. The van der Waals surface area contributed by atoms with Crippen molar-refractivity contribution in [2.24, 2.45) is 0 Å². The second-order valence-electron chi connectivity index (χ2n) is 4.51. The Kier molecular flexibility index (Phi) is 8.21. The second-order valence-corrected chi connectivity index (χ2v) is 4.51. The number of ether oxygens (including phenoxy) is 1. The Morgan fingerprint density at radius 1 is 1.26 bits per heavy atom. The predicted molar refractivity (Wildman–Crippen MR) is 79.6 cm³/mol. The van der Waals surface area contributed by atoms with E-state index in [-0.39, 0.29) is 6.61 Å². The number of anilines is 1. The zero-order chi connectivity index (χ0) is 13.9. The number of hydrogen-bond donors (Lipinski definition) is 2. The molecule has 1 aromatic rings. The van der Waals surface area contributed by atoms with Crippen molar-refractivity contribution in [3.63, 3.8) is 0 Å². The van der Waals surface area contributed by atoms with Crippen LogP contribution in [-0.4, -0.2) is 45.1 Å². The standard InChI is InChI=1S/C15H26N2O2/c1-3-9-17(10-11-18)15-7-5-4-6-14(15)13-16-8-12-19-2/h4-7,16,18H,3,8-13H2,1-2H3. The van der Waals surface area contributed by atoms with Gasteiger partial charge < -0.3 is 20.1 Å². The molecule has 0 spiro atoms. The first-order valence-corrected chi connectivity index (χ1v) is 6.96. The number of aliphatic hydroxyl groups excluding tert-OH is 1. The molecule has 0 aliphatic heterocycles. The van der Waals surface area contributed by atoms with Crippen LogP contribution >= 0.6 is 0 Å². The van der Waals surface area contributed by atoms with Gasteiger partial charge in [0.1, 0.15) is 0 Å². The minimum atomic E-state index is 0.186. The van der Waals surface area contributed by atoms with Gasteiger partial charge in [-0.1, -0.05) is 25.1 Å². The molecule has 0 saturated heterocycles. The van der Waals surface area contributed by atoms with Crippen molar-refractivity contribution >= 4 is 5.69 Å². The van der Waals surface area contributed by atoms with Gasteiger partial charge in [0, 0.05) is 39.0 Å². The Morgan fingerprint density at radius 3 is 2.74 bits per heavy atom. The van der Waals surface area contributed by atoms with Crippen LogP contribution in [0.1, 0.15) is 18.9 Å². The van der Waals surface area contributed by atoms with Crippen LogP contribution in [-0.2, 0) is 11.3 Å². The third-order valence-corrected chi connectivity index (χ3v) is 2.99. The molecular formula is C15H26N2O2. The summed E-state index contributed by atoms with van der Waals surface area (Å²) in [4.78, 5) is 2.24. The van der Waals surface area contributed by atoms with Gasteiger partial charge in [-0.2, -0.15) is 0 Å². The van der Waals surface area contributed by atoms with E-state index in [0.29, 0.717) is 6.54 Å². The van der Waals surface area contributed by atoms with E-state index in [4.69, 9.17) is 4.74 Å². The van der Waals surface area contributed by atoms with Crippen LogP contribution in [0.25, 0.3) is 0 Å². The first kappa shape index (κ1) is 16.0. The van der Waals surface area contributed by atoms with Crippen molar-refractivity contribution < 1.29 is 9.84 Å². The number of benzene rings is 1. The summed E-state index contributed by atoms with van der Waals surface area (Å²) < 4.78 is 5.03. The Morgan fingerprint density at radius 2 is 2.05 bits per heavy atom. The van der Waals surface area contributed by atoms with Crippen LogP contribution in [0.4, 0.5) is 5.69 Å². The van der Waals surface area contributed by atoms with Gasteiger partial charge in [0.15, 0.2) is 0 Å². The summed E-state index contributed by atoms with van der Waals surface area (Å²) >= 11 is 0. The lowest BCUT2D eigenvalue weighted by Crippen LogP contribution is -2.29. The molecule has 0 aliphatic rings. The lowest BCUT2D eigenvalue weighted by Gasteiger charge is -2.26. The summed E-state index contributed by atoms with van der Waals surface area (Å²) in [5.74, 6) is 0. The fourth-order valence-corrected chi connectivity index (χ4v) is 2.11. The largest absolute Gasteiger partial charge is 0.395 e. The summed E-state index contributed by atoms with van der Waals surface area (Å²) in [5, 5.41) is 12.6. The smallest absolute Gasteiger partial charge is 0.0606 e. The summed E-state index contributed by atoms with van der Waals surface area (Å²) in [7, 11) is 1.71. The van der Waals surface area contributed by atoms with Gasteiger partial charge in [-0.15, -0.1) is 0 Å². The summed E-state index contributed by atoms with van der Waals surface area (Å²) in [5.41, 5.74) is 2.48. The van der Waals surface area contributed by atoms with Gasteiger partial charge in [-0.3, -0.25) is 0 Å². The van der Waals surface area contributed by atoms with Crippen molar-refractivity contribution in [1.82, 2.24) is 5.32 Å². The number of methoxy groups -OCH3 is 1. The van der Waals surface area contributed by atoms with Crippen LogP contribution < -0.4 is 10.2 Å². The summed E-state index contributed by atoms with van der Waals surface area (Å²) in [6.45, 7) is 6.38. The average Bonchev–Trinajstić information content (AvgIpc) is 2.44. The minimum absolute atomic E-state index is 0.186. The Labute approximate surface area is 116 Å². The molecule has 0 bridgehead atoms. The highest BCUT2D eigenvalue weighted by Crippen LogP contribution is 2.20. The van der Waals surface area contributed by atoms with Gasteiger partial charge in [0.2, 0.25) is 0 Å². The molecule has 4 heteroatoms. The number of para-hydroxylation sites is 1. The molecule has 0 fully saturated rings. The maximum Gasteiger partial charge on any atom is 0.0606 e. The molecule has 19 heavy (non-hydrogen) atoms. The highest BCUT2D eigenvalue weighted by Gasteiger charge is 2.09. The zero-order valence-electron chi connectivity index (χ0n) is 12.1. The molecule has 2 N–H and O–H groups in total. The van der Waals surface area contributed by atoms with Crippen molar-refractivity contribution in [3.05, 3.63) is 29.8 Å². The highest BCUT2D eigenvalue weighted by molar-refractivity contribution is 5.53. The second kappa shape index (κ2) is 9.78. The van der Waals surface area contributed by atoms with Gasteiger partial charge in [-0.05, 0) is 18.1 Å². The van der Waals surface area contributed by atoms with E-state index in [1.54, 1.807) is 7.11 Å². The fraction of sp³-hybridized carbons (Fsp3) is 0.600. The van der Waals surface area contributed by atoms with Gasteiger partial charge >= 0.3 is 0 Å². The first-order valence-electron chi connectivity index (χ1n) is 6.96. The van der Waals surface area contributed by atoms with Gasteiger partial charge in [0.05, 0.1) is 13.2 Å². The third kappa shape index (κ3) is 5.59. The van der Waals surface area contributed by atoms with Crippen LogP contribution in [0, 0.1) is 0 Å². The molecule has 0 aromatic heterocycles. The maximum absolute atomic E-state index is 9.19. The Balaban J connectivity index is 2.69. The molecule has 0 atom stereocenters. The molecule has 0 unspecified atom stereocenters. The van der Waals surface area contributed by atoms with Gasteiger partial charge in [-0.25, -0.2) is 0 Å². The molecule has 1 aromatic carbocycles. The number of hydrogen-bond acceptors (Lipinski definition) is 4. The SMILES string of the molecule is CCCN(CCO)c1ccccc1CNCCOC. The molecule has 0 saturated carbocycles. The number of nitrogens with zero attached hydrogens (tertiary/aromatic N) is 1. The highest BCUT2D eigenvalue weighted by atomic mass is 16.5. The van der Waals surface area contributed by atoms with Crippen molar-refractivity contribution in [2.75, 3.05) is 44.9 Å². The van der Waals surface area contributed by atoms with E-state index in [2.05, 4.69) is 35.3 Å². The van der Waals surface area contributed by atoms with E-state index >= 15 is 0 Å². The van der Waals surface area contributed by atoms with E-state index < -0.39 is 0 Å². The molecule has 0 aliphatic carbocycles. The number of rotatable bonds is 10. The van der Waals surface area contributed by atoms with Crippen molar-refractivity contribution in [1.29, 1.82) is 0 Å². The van der Waals surface area contributed by atoms with E-state index in [0.717, 1.165) is 32.7 Å². The molecule has 0 heterocycles. The quantitative estimate of drug-likeness (QED) is 0.632. The van der Waals surface area contributed by atoms with E-state index in [9.17, 15) is 5.11 Å². The Hall–Kier alpha value is -1.10.